The summed E-state index contributed by atoms with van der Waals surface area (Å²) in [5.41, 5.74) is 7.10. The van der Waals surface area contributed by atoms with E-state index in [1.54, 1.807) is 24.4 Å². The molecule has 1 amide bonds. The van der Waals surface area contributed by atoms with E-state index in [1.807, 2.05) is 13.8 Å². The first-order valence-electron chi connectivity index (χ1n) is 6.64. The maximum atomic E-state index is 13.0. The Labute approximate surface area is 123 Å². The second-order valence-electron chi connectivity index (χ2n) is 5.53. The maximum Gasteiger partial charge on any atom is 0.252 e. The third-order valence-corrected chi connectivity index (χ3v) is 3.43. The molecule has 0 radical (unpaired) electrons. The number of pyridine rings is 1. The first-order valence-corrected chi connectivity index (χ1v) is 6.64. The molecule has 3 N–H and O–H groups in total. The quantitative estimate of drug-likeness (QED) is 0.888. The first kappa shape index (κ1) is 15.0. The highest BCUT2D eigenvalue weighted by Gasteiger charge is 2.21. The van der Waals surface area contributed by atoms with Gasteiger partial charge in [0, 0.05) is 24.4 Å². The van der Waals surface area contributed by atoms with Crippen LogP contribution in [0.5, 0.6) is 0 Å². The molecule has 21 heavy (non-hydrogen) atoms. The number of primary amides is 1. The Morgan fingerprint density at radius 2 is 1.95 bits per heavy atom. The van der Waals surface area contributed by atoms with E-state index < -0.39 is 5.91 Å². The number of nitrogens with zero attached hydrogens (tertiary/aromatic N) is 1. The van der Waals surface area contributed by atoms with Crippen LogP contribution in [0.3, 0.4) is 0 Å². The molecular formula is C16H18FN3O. The fraction of sp³-hybridized carbons (Fsp3) is 0.250. The third-order valence-electron chi connectivity index (χ3n) is 3.43. The van der Waals surface area contributed by atoms with E-state index in [-0.39, 0.29) is 11.2 Å². The largest absolute Gasteiger partial charge is 0.383 e. The van der Waals surface area contributed by atoms with Gasteiger partial charge in [0.25, 0.3) is 5.91 Å². The molecule has 4 nitrogen and oxygen atoms in total. The number of nitrogens with two attached hydrogens (primary N) is 1. The number of anilines is 1. The summed E-state index contributed by atoms with van der Waals surface area (Å²) in [5, 5.41) is 3.21. The van der Waals surface area contributed by atoms with Crippen molar-refractivity contribution in [1.29, 1.82) is 0 Å². The average molecular weight is 287 g/mol. The van der Waals surface area contributed by atoms with Gasteiger partial charge >= 0.3 is 0 Å². The summed E-state index contributed by atoms with van der Waals surface area (Å²) >= 11 is 0. The monoisotopic (exact) mass is 287 g/mol. The molecular weight excluding hydrogens is 269 g/mol. The molecule has 0 fully saturated rings. The van der Waals surface area contributed by atoms with E-state index in [4.69, 9.17) is 5.73 Å². The smallest absolute Gasteiger partial charge is 0.252 e. The van der Waals surface area contributed by atoms with Crippen molar-refractivity contribution in [3.63, 3.8) is 0 Å². The minimum atomic E-state index is -0.523. The highest BCUT2D eigenvalue weighted by molar-refractivity contribution is 5.98. The van der Waals surface area contributed by atoms with Crippen LogP contribution < -0.4 is 11.1 Å². The molecule has 2 aromatic rings. The molecule has 0 saturated carbocycles. The summed E-state index contributed by atoms with van der Waals surface area (Å²) in [5.74, 6) is -0.780. The van der Waals surface area contributed by atoms with Gasteiger partial charge in [-0.3, -0.25) is 9.78 Å². The number of aromatic nitrogens is 1. The highest BCUT2D eigenvalue weighted by Crippen LogP contribution is 2.24. The van der Waals surface area contributed by atoms with Crippen LogP contribution in [0.15, 0.2) is 42.7 Å². The lowest BCUT2D eigenvalue weighted by Gasteiger charge is -2.26. The number of benzene rings is 1. The van der Waals surface area contributed by atoms with Crippen LogP contribution in [0.4, 0.5) is 10.1 Å². The van der Waals surface area contributed by atoms with Crippen LogP contribution in [0, 0.1) is 5.82 Å². The molecule has 5 heteroatoms. The Morgan fingerprint density at radius 3 is 2.57 bits per heavy atom. The van der Waals surface area contributed by atoms with Crippen LogP contribution in [0.25, 0.3) is 0 Å². The predicted octanol–water partition coefficient (Wildman–Crippen LogP) is 2.71. The van der Waals surface area contributed by atoms with Crippen LogP contribution in [-0.4, -0.2) is 17.4 Å². The molecule has 110 valence electrons. The van der Waals surface area contributed by atoms with Crippen molar-refractivity contribution in [1.82, 2.24) is 4.98 Å². The zero-order valence-electron chi connectivity index (χ0n) is 12.1. The van der Waals surface area contributed by atoms with E-state index in [9.17, 15) is 9.18 Å². The Kier molecular flexibility index (Phi) is 4.21. The number of carbonyl (C=O) groups excluding carboxylic acids is 1. The third kappa shape index (κ3) is 3.56. The van der Waals surface area contributed by atoms with Gasteiger partial charge in [0.05, 0.1) is 11.3 Å². The number of nitrogens with one attached hydrogen (secondary N) is 1. The second-order valence-corrected chi connectivity index (χ2v) is 5.53. The average Bonchev–Trinajstić information content (AvgIpc) is 2.46. The molecule has 0 aliphatic carbocycles. The van der Waals surface area contributed by atoms with Gasteiger partial charge in [0.2, 0.25) is 0 Å². The van der Waals surface area contributed by atoms with E-state index >= 15 is 0 Å². The van der Waals surface area contributed by atoms with Crippen molar-refractivity contribution in [2.45, 2.75) is 19.3 Å². The Morgan fingerprint density at radius 1 is 1.29 bits per heavy atom. The van der Waals surface area contributed by atoms with Gasteiger partial charge < -0.3 is 11.1 Å². The van der Waals surface area contributed by atoms with Gasteiger partial charge in [-0.2, -0.15) is 0 Å². The van der Waals surface area contributed by atoms with Crippen LogP contribution in [0.2, 0.25) is 0 Å². The summed E-state index contributed by atoms with van der Waals surface area (Å²) in [4.78, 5) is 15.3. The number of halogens is 1. The lowest BCUT2D eigenvalue weighted by Crippen LogP contribution is -2.28. The molecule has 1 heterocycles. The number of rotatable bonds is 5. The van der Waals surface area contributed by atoms with E-state index in [2.05, 4.69) is 10.3 Å². The van der Waals surface area contributed by atoms with Crippen molar-refractivity contribution in [2.24, 2.45) is 5.73 Å². The van der Waals surface area contributed by atoms with Gasteiger partial charge in [-0.1, -0.05) is 26.0 Å². The summed E-state index contributed by atoms with van der Waals surface area (Å²) in [6.07, 6.45) is 3.04. The van der Waals surface area contributed by atoms with Crippen molar-refractivity contribution in [3.05, 3.63) is 59.7 Å². The lowest BCUT2D eigenvalue weighted by molar-refractivity contribution is 0.100. The number of amides is 1. The van der Waals surface area contributed by atoms with Gasteiger partial charge in [-0.05, 0) is 23.8 Å². The van der Waals surface area contributed by atoms with Crippen molar-refractivity contribution >= 4 is 11.6 Å². The zero-order chi connectivity index (χ0) is 15.5. The Bertz CT molecular complexity index is 638. The fourth-order valence-electron chi connectivity index (χ4n) is 2.06. The molecule has 2 rings (SSSR count). The minimum absolute atomic E-state index is 0.230. The Balaban J connectivity index is 2.15. The van der Waals surface area contributed by atoms with E-state index in [0.717, 1.165) is 5.56 Å². The zero-order valence-corrected chi connectivity index (χ0v) is 12.1. The summed E-state index contributed by atoms with van der Waals surface area (Å²) in [7, 11) is 0. The van der Waals surface area contributed by atoms with Crippen molar-refractivity contribution < 1.29 is 9.18 Å². The predicted molar refractivity (Wildman–Crippen MR) is 80.7 cm³/mol. The second kappa shape index (κ2) is 5.91. The van der Waals surface area contributed by atoms with Crippen LogP contribution >= 0.6 is 0 Å². The van der Waals surface area contributed by atoms with E-state index in [0.29, 0.717) is 17.8 Å². The highest BCUT2D eigenvalue weighted by atomic mass is 19.1. The lowest BCUT2D eigenvalue weighted by atomic mass is 9.84. The van der Waals surface area contributed by atoms with Crippen molar-refractivity contribution in [3.8, 4) is 0 Å². The summed E-state index contributed by atoms with van der Waals surface area (Å²) < 4.78 is 13.0. The molecule has 0 aliphatic rings. The number of hydrogen-bond acceptors (Lipinski definition) is 3. The molecule has 0 aliphatic heterocycles. The molecule has 0 spiro atoms. The first-order chi connectivity index (χ1) is 9.90. The summed E-state index contributed by atoms with van der Waals surface area (Å²) in [6, 6.07) is 8.12. The maximum absolute atomic E-state index is 13.0. The molecule has 0 bridgehead atoms. The molecule has 1 aromatic carbocycles. The normalized spacial score (nSPS) is 11.2. The number of hydrogen-bond donors (Lipinski definition) is 2. The SMILES string of the molecule is CC(C)(CNc1ccncc1C(N)=O)c1ccc(F)cc1. The molecule has 0 saturated heterocycles. The summed E-state index contributed by atoms with van der Waals surface area (Å²) in [6.45, 7) is 4.65. The van der Waals surface area contributed by atoms with Gasteiger partial charge in [0.15, 0.2) is 0 Å². The molecule has 0 unspecified atom stereocenters. The van der Waals surface area contributed by atoms with Gasteiger partial charge in [0.1, 0.15) is 5.82 Å². The van der Waals surface area contributed by atoms with Crippen LogP contribution in [0.1, 0.15) is 29.8 Å². The number of carbonyl (C=O) groups is 1. The van der Waals surface area contributed by atoms with Crippen LogP contribution in [-0.2, 0) is 5.41 Å². The molecule has 0 atom stereocenters. The van der Waals surface area contributed by atoms with Gasteiger partial charge in [-0.25, -0.2) is 4.39 Å². The van der Waals surface area contributed by atoms with Gasteiger partial charge in [-0.15, -0.1) is 0 Å². The Hall–Kier alpha value is -2.43. The van der Waals surface area contributed by atoms with Crippen molar-refractivity contribution in [2.75, 3.05) is 11.9 Å². The molecule has 1 aromatic heterocycles. The minimum Gasteiger partial charge on any atom is -0.383 e. The standard InChI is InChI=1S/C16H18FN3O/c1-16(2,11-3-5-12(17)6-4-11)10-20-14-7-8-19-9-13(14)15(18)21/h3-9H,10H2,1-2H3,(H2,18,21)(H,19,20). The van der Waals surface area contributed by atoms with E-state index in [1.165, 1.54) is 18.3 Å². The fourth-order valence-corrected chi connectivity index (χ4v) is 2.06. The topological polar surface area (TPSA) is 68.0 Å².